The molecular weight excluding hydrogens is 252 g/mol. The Bertz CT molecular complexity index is 434. The maximum Gasteiger partial charge on any atom is 0.239 e. The van der Waals surface area contributed by atoms with Crippen molar-refractivity contribution in [1.29, 1.82) is 0 Å². The number of nitrogens with two attached hydrogens (primary N) is 1. The van der Waals surface area contributed by atoms with Crippen LogP contribution in [0.2, 0.25) is 0 Å². The summed E-state index contributed by atoms with van der Waals surface area (Å²) in [6, 6.07) is 7.45. The van der Waals surface area contributed by atoms with E-state index in [-0.39, 0.29) is 11.8 Å². The normalized spacial score (nSPS) is 13.7. The lowest BCUT2D eigenvalue weighted by molar-refractivity contribution is -0.132. The van der Waals surface area contributed by atoms with Crippen molar-refractivity contribution in [2.24, 2.45) is 11.7 Å². The van der Waals surface area contributed by atoms with Gasteiger partial charge in [0.1, 0.15) is 12.4 Å². The first kappa shape index (κ1) is 16.5. The highest BCUT2D eigenvalue weighted by Crippen LogP contribution is 2.12. The van der Waals surface area contributed by atoms with Gasteiger partial charge in [-0.05, 0) is 30.5 Å². The van der Waals surface area contributed by atoms with Crippen LogP contribution < -0.4 is 10.5 Å². The molecule has 20 heavy (non-hydrogen) atoms. The van der Waals surface area contributed by atoms with Gasteiger partial charge in [-0.1, -0.05) is 32.4 Å². The Hall–Kier alpha value is -1.55. The standard InChI is InChI=1S/C16H26N2O2/c1-5-13(3)15(17)16(19)18(4)9-10-20-14-8-6-7-12(2)11-14/h6-8,11,13,15H,5,9-10,17H2,1-4H3/t13?,15-/m0/s1. The fourth-order valence-electron chi connectivity index (χ4n) is 1.87. The van der Waals surface area contributed by atoms with E-state index in [2.05, 4.69) is 0 Å². The van der Waals surface area contributed by atoms with Gasteiger partial charge in [-0.2, -0.15) is 0 Å². The monoisotopic (exact) mass is 278 g/mol. The third kappa shape index (κ3) is 4.85. The van der Waals surface area contributed by atoms with Crippen LogP contribution in [0.15, 0.2) is 24.3 Å². The molecule has 0 aliphatic heterocycles. The summed E-state index contributed by atoms with van der Waals surface area (Å²) >= 11 is 0. The summed E-state index contributed by atoms with van der Waals surface area (Å²) < 4.78 is 5.64. The lowest BCUT2D eigenvalue weighted by Gasteiger charge is -2.24. The van der Waals surface area contributed by atoms with Crippen molar-refractivity contribution in [2.75, 3.05) is 20.2 Å². The zero-order valence-corrected chi connectivity index (χ0v) is 12.9. The Labute approximate surface area is 121 Å². The van der Waals surface area contributed by atoms with E-state index in [1.54, 1.807) is 11.9 Å². The lowest BCUT2D eigenvalue weighted by atomic mass is 9.99. The number of aryl methyl sites for hydroxylation is 1. The summed E-state index contributed by atoms with van der Waals surface area (Å²) in [5.41, 5.74) is 7.10. The van der Waals surface area contributed by atoms with Crippen molar-refractivity contribution in [3.05, 3.63) is 29.8 Å². The van der Waals surface area contributed by atoms with E-state index in [0.717, 1.165) is 17.7 Å². The maximum atomic E-state index is 12.1. The van der Waals surface area contributed by atoms with Gasteiger partial charge in [0.25, 0.3) is 0 Å². The summed E-state index contributed by atoms with van der Waals surface area (Å²) in [4.78, 5) is 13.7. The van der Waals surface area contributed by atoms with E-state index in [9.17, 15) is 4.79 Å². The van der Waals surface area contributed by atoms with Crippen molar-refractivity contribution in [3.8, 4) is 5.75 Å². The topological polar surface area (TPSA) is 55.6 Å². The number of ether oxygens (including phenoxy) is 1. The number of hydrogen-bond acceptors (Lipinski definition) is 3. The molecule has 0 bridgehead atoms. The second kappa shape index (κ2) is 7.90. The van der Waals surface area contributed by atoms with Gasteiger partial charge in [0.2, 0.25) is 5.91 Å². The Morgan fingerprint density at radius 2 is 2.15 bits per heavy atom. The van der Waals surface area contributed by atoms with E-state index >= 15 is 0 Å². The fourth-order valence-corrected chi connectivity index (χ4v) is 1.87. The molecule has 2 atom stereocenters. The summed E-state index contributed by atoms with van der Waals surface area (Å²) in [5, 5.41) is 0. The van der Waals surface area contributed by atoms with E-state index in [0.29, 0.717) is 13.2 Å². The molecule has 0 heterocycles. The second-order valence-electron chi connectivity index (χ2n) is 5.34. The van der Waals surface area contributed by atoms with Crippen molar-refractivity contribution in [3.63, 3.8) is 0 Å². The van der Waals surface area contributed by atoms with E-state index in [1.807, 2.05) is 45.0 Å². The van der Waals surface area contributed by atoms with Gasteiger partial charge < -0.3 is 15.4 Å². The molecule has 1 aromatic carbocycles. The molecule has 0 saturated carbocycles. The highest BCUT2D eigenvalue weighted by molar-refractivity contribution is 5.81. The highest BCUT2D eigenvalue weighted by atomic mass is 16.5. The lowest BCUT2D eigenvalue weighted by Crippen LogP contribution is -2.46. The number of carbonyl (C=O) groups is 1. The van der Waals surface area contributed by atoms with E-state index < -0.39 is 6.04 Å². The molecule has 0 aliphatic rings. The first-order valence-electron chi connectivity index (χ1n) is 7.15. The summed E-state index contributed by atoms with van der Waals surface area (Å²) in [5.74, 6) is 1.01. The van der Waals surface area contributed by atoms with Gasteiger partial charge >= 0.3 is 0 Å². The molecule has 1 aromatic rings. The minimum atomic E-state index is -0.427. The van der Waals surface area contributed by atoms with Gasteiger partial charge in [0.15, 0.2) is 0 Å². The Morgan fingerprint density at radius 1 is 1.45 bits per heavy atom. The molecule has 1 rings (SSSR count). The minimum Gasteiger partial charge on any atom is -0.492 e. The van der Waals surface area contributed by atoms with Crippen LogP contribution in [0.1, 0.15) is 25.8 Å². The summed E-state index contributed by atoms with van der Waals surface area (Å²) in [7, 11) is 1.77. The Balaban J connectivity index is 2.39. The molecule has 0 saturated heterocycles. The molecule has 0 spiro atoms. The average molecular weight is 278 g/mol. The van der Waals surface area contributed by atoms with Gasteiger partial charge in [-0.25, -0.2) is 0 Å². The van der Waals surface area contributed by atoms with Crippen molar-refractivity contribution in [2.45, 2.75) is 33.2 Å². The third-order valence-electron chi connectivity index (χ3n) is 3.60. The second-order valence-corrected chi connectivity index (χ2v) is 5.34. The Morgan fingerprint density at radius 3 is 2.75 bits per heavy atom. The van der Waals surface area contributed by atoms with Crippen LogP contribution in [0.3, 0.4) is 0 Å². The van der Waals surface area contributed by atoms with Crippen LogP contribution in [0.5, 0.6) is 5.75 Å². The molecule has 1 unspecified atom stereocenters. The number of benzene rings is 1. The summed E-state index contributed by atoms with van der Waals surface area (Å²) in [6.45, 7) is 7.07. The fraction of sp³-hybridized carbons (Fsp3) is 0.562. The molecule has 4 heteroatoms. The summed E-state index contributed by atoms with van der Waals surface area (Å²) in [6.07, 6.45) is 0.903. The van der Waals surface area contributed by atoms with Crippen LogP contribution in [-0.2, 0) is 4.79 Å². The number of carbonyl (C=O) groups excluding carboxylic acids is 1. The molecule has 0 fully saturated rings. The number of nitrogens with zero attached hydrogens (tertiary/aromatic N) is 1. The molecule has 2 N–H and O–H groups in total. The molecule has 0 aromatic heterocycles. The van der Waals surface area contributed by atoms with Gasteiger partial charge in [0, 0.05) is 7.05 Å². The van der Waals surface area contributed by atoms with Gasteiger partial charge in [0.05, 0.1) is 12.6 Å². The van der Waals surface area contributed by atoms with Crippen LogP contribution >= 0.6 is 0 Å². The van der Waals surface area contributed by atoms with E-state index in [4.69, 9.17) is 10.5 Å². The van der Waals surface area contributed by atoms with Crippen molar-refractivity contribution in [1.82, 2.24) is 4.90 Å². The smallest absolute Gasteiger partial charge is 0.239 e. The van der Waals surface area contributed by atoms with Crippen LogP contribution in [0, 0.1) is 12.8 Å². The van der Waals surface area contributed by atoms with Crippen LogP contribution in [0.25, 0.3) is 0 Å². The predicted octanol–water partition coefficient (Wildman–Crippen LogP) is 2.21. The van der Waals surface area contributed by atoms with Crippen molar-refractivity contribution >= 4 is 5.91 Å². The molecule has 112 valence electrons. The third-order valence-corrected chi connectivity index (χ3v) is 3.60. The Kier molecular flexibility index (Phi) is 6.52. The van der Waals surface area contributed by atoms with Crippen molar-refractivity contribution < 1.29 is 9.53 Å². The average Bonchev–Trinajstić information content (AvgIpc) is 2.44. The number of rotatable bonds is 7. The van der Waals surface area contributed by atoms with Crippen LogP contribution in [-0.4, -0.2) is 37.0 Å². The predicted molar refractivity (Wildman–Crippen MR) is 81.7 cm³/mol. The highest BCUT2D eigenvalue weighted by Gasteiger charge is 2.22. The quantitative estimate of drug-likeness (QED) is 0.832. The molecule has 4 nitrogen and oxygen atoms in total. The maximum absolute atomic E-state index is 12.1. The molecule has 0 radical (unpaired) electrons. The molecule has 0 aliphatic carbocycles. The van der Waals surface area contributed by atoms with Gasteiger partial charge in [-0.15, -0.1) is 0 Å². The molecule has 1 amide bonds. The molecular formula is C16H26N2O2. The first-order valence-corrected chi connectivity index (χ1v) is 7.15. The SMILES string of the molecule is CCC(C)[C@H](N)C(=O)N(C)CCOc1cccc(C)c1. The minimum absolute atomic E-state index is 0.0211. The largest absolute Gasteiger partial charge is 0.492 e. The number of likely N-dealkylation sites (N-methyl/N-ethyl adjacent to an activating group) is 1. The number of amides is 1. The zero-order chi connectivity index (χ0) is 15.1. The zero-order valence-electron chi connectivity index (χ0n) is 12.9. The first-order chi connectivity index (χ1) is 9.45. The van der Waals surface area contributed by atoms with E-state index in [1.165, 1.54) is 0 Å². The van der Waals surface area contributed by atoms with Gasteiger partial charge in [-0.3, -0.25) is 4.79 Å². The number of hydrogen-bond donors (Lipinski definition) is 1. The van der Waals surface area contributed by atoms with Crippen LogP contribution in [0.4, 0.5) is 0 Å².